The van der Waals surface area contributed by atoms with Gasteiger partial charge in [-0.3, -0.25) is 5.32 Å². The number of hydrogen-bond acceptors (Lipinski definition) is 3. The lowest BCUT2D eigenvalue weighted by Gasteiger charge is -2.18. The van der Waals surface area contributed by atoms with Crippen LogP contribution in [-0.2, 0) is 4.43 Å². The Labute approximate surface area is 72.2 Å². The fourth-order valence-electron chi connectivity index (χ4n) is 1.04. The lowest BCUT2D eigenvalue weighted by Crippen LogP contribution is -2.42. The fourth-order valence-corrected chi connectivity index (χ4v) is 1.27. The Morgan fingerprint density at radius 3 is 2.64 bits per heavy atom. The van der Waals surface area contributed by atoms with Crippen LogP contribution in [0.4, 0.5) is 0 Å². The second kappa shape index (κ2) is 6.79. The summed E-state index contributed by atoms with van der Waals surface area (Å²) in [6.45, 7) is 4.99. The molecule has 0 fully saturated rings. The van der Waals surface area contributed by atoms with Gasteiger partial charge >= 0.3 is 0 Å². The molecule has 0 saturated heterocycles. The highest BCUT2D eigenvalue weighted by Gasteiger charge is 2.05. The van der Waals surface area contributed by atoms with Gasteiger partial charge in [-0.2, -0.15) is 0 Å². The van der Waals surface area contributed by atoms with Crippen molar-refractivity contribution in [2.24, 2.45) is 5.73 Å². The van der Waals surface area contributed by atoms with Gasteiger partial charge in [-0.05, 0) is 19.8 Å². The van der Waals surface area contributed by atoms with Crippen LogP contribution in [-0.4, -0.2) is 29.3 Å². The highest BCUT2D eigenvalue weighted by molar-refractivity contribution is 5.97. The molecular weight excluding hydrogens is 156 g/mol. The standard InChI is InChI=1S/C7H20N2OSi/c1-3-7(4-5-10-11)9-6(2)8/h6-7,9H,3-5,8H2,1-2,11H3. The molecule has 4 heteroatoms. The summed E-state index contributed by atoms with van der Waals surface area (Å²) in [7, 11) is 0.837. The van der Waals surface area contributed by atoms with Crippen molar-refractivity contribution >= 4 is 10.5 Å². The second-order valence-corrected chi connectivity index (χ2v) is 3.42. The van der Waals surface area contributed by atoms with Gasteiger partial charge in [0.2, 0.25) is 0 Å². The third-order valence-corrected chi connectivity index (χ3v) is 2.07. The van der Waals surface area contributed by atoms with Crippen LogP contribution in [0.25, 0.3) is 0 Å². The average Bonchev–Trinajstić information content (AvgIpc) is 1.97. The fraction of sp³-hybridized carbons (Fsp3) is 1.00. The van der Waals surface area contributed by atoms with Crippen LogP contribution in [0.3, 0.4) is 0 Å². The first-order valence-electron chi connectivity index (χ1n) is 4.21. The zero-order valence-electron chi connectivity index (χ0n) is 7.76. The Bertz CT molecular complexity index is 90.5. The van der Waals surface area contributed by atoms with Gasteiger partial charge in [0.05, 0.1) is 6.17 Å². The quantitative estimate of drug-likeness (QED) is 0.417. The van der Waals surface area contributed by atoms with E-state index in [-0.39, 0.29) is 6.17 Å². The van der Waals surface area contributed by atoms with E-state index in [2.05, 4.69) is 12.2 Å². The molecule has 0 aromatic heterocycles. The Balaban J connectivity index is 3.41. The smallest absolute Gasteiger partial charge is 0.145 e. The third-order valence-electron chi connectivity index (χ3n) is 1.66. The summed E-state index contributed by atoms with van der Waals surface area (Å²) in [6, 6.07) is 0.518. The normalized spacial score (nSPS) is 16.6. The number of nitrogens with two attached hydrogens (primary N) is 1. The molecule has 2 unspecified atom stereocenters. The molecule has 0 radical (unpaired) electrons. The molecule has 0 aliphatic rings. The third kappa shape index (κ3) is 6.49. The Morgan fingerprint density at radius 2 is 2.27 bits per heavy atom. The van der Waals surface area contributed by atoms with Crippen molar-refractivity contribution in [2.45, 2.75) is 38.9 Å². The predicted molar refractivity (Wildman–Crippen MR) is 51.4 cm³/mol. The molecule has 0 bridgehead atoms. The lowest BCUT2D eigenvalue weighted by atomic mass is 10.1. The van der Waals surface area contributed by atoms with Gasteiger partial charge in [-0.25, -0.2) is 0 Å². The van der Waals surface area contributed by atoms with E-state index in [4.69, 9.17) is 10.2 Å². The van der Waals surface area contributed by atoms with E-state index < -0.39 is 0 Å². The SMILES string of the molecule is CCC(CCO[SiH3])NC(C)N. The van der Waals surface area contributed by atoms with Crippen molar-refractivity contribution in [3.8, 4) is 0 Å². The van der Waals surface area contributed by atoms with E-state index in [0.717, 1.165) is 29.9 Å². The van der Waals surface area contributed by atoms with Crippen LogP contribution in [0, 0.1) is 0 Å². The first kappa shape index (κ1) is 11.1. The molecule has 0 amide bonds. The Morgan fingerprint density at radius 1 is 1.64 bits per heavy atom. The van der Waals surface area contributed by atoms with Crippen LogP contribution in [0.15, 0.2) is 0 Å². The summed E-state index contributed by atoms with van der Waals surface area (Å²) in [5, 5.41) is 3.28. The summed E-state index contributed by atoms with van der Waals surface area (Å²) in [5.74, 6) is 0. The van der Waals surface area contributed by atoms with Crippen molar-refractivity contribution < 1.29 is 4.43 Å². The summed E-state index contributed by atoms with van der Waals surface area (Å²) >= 11 is 0. The van der Waals surface area contributed by atoms with Gasteiger partial charge in [0.1, 0.15) is 10.5 Å². The van der Waals surface area contributed by atoms with E-state index >= 15 is 0 Å². The molecule has 0 aromatic rings. The summed E-state index contributed by atoms with van der Waals surface area (Å²) in [5.41, 5.74) is 5.60. The van der Waals surface area contributed by atoms with Crippen LogP contribution in [0.5, 0.6) is 0 Å². The van der Waals surface area contributed by atoms with Crippen LogP contribution in [0.2, 0.25) is 0 Å². The second-order valence-electron chi connectivity index (χ2n) is 2.84. The maximum absolute atomic E-state index is 5.60. The molecule has 0 rings (SSSR count). The summed E-state index contributed by atoms with van der Waals surface area (Å²) in [6.07, 6.45) is 2.28. The molecule has 0 aromatic carbocycles. The van der Waals surface area contributed by atoms with Crippen molar-refractivity contribution in [1.29, 1.82) is 0 Å². The molecule has 68 valence electrons. The summed E-state index contributed by atoms with van der Waals surface area (Å²) < 4.78 is 5.11. The van der Waals surface area contributed by atoms with Crippen molar-refractivity contribution in [3.63, 3.8) is 0 Å². The molecule has 0 aliphatic heterocycles. The topological polar surface area (TPSA) is 47.3 Å². The Hall–Kier alpha value is 0.0969. The number of rotatable bonds is 6. The zero-order chi connectivity index (χ0) is 8.69. The Kier molecular flexibility index (Phi) is 6.85. The minimum atomic E-state index is 0.0917. The number of nitrogens with one attached hydrogen (secondary N) is 1. The molecule has 3 nitrogen and oxygen atoms in total. The molecule has 0 heterocycles. The molecule has 11 heavy (non-hydrogen) atoms. The average molecular weight is 176 g/mol. The van der Waals surface area contributed by atoms with Crippen molar-refractivity contribution in [1.82, 2.24) is 5.32 Å². The molecular formula is C7H20N2OSi. The van der Waals surface area contributed by atoms with Gasteiger partial charge in [0.25, 0.3) is 0 Å². The summed E-state index contributed by atoms with van der Waals surface area (Å²) in [4.78, 5) is 0. The van der Waals surface area contributed by atoms with E-state index in [1.807, 2.05) is 6.92 Å². The molecule has 3 N–H and O–H groups in total. The van der Waals surface area contributed by atoms with E-state index in [1.165, 1.54) is 0 Å². The van der Waals surface area contributed by atoms with Gasteiger partial charge in [0.15, 0.2) is 0 Å². The van der Waals surface area contributed by atoms with E-state index in [1.54, 1.807) is 0 Å². The maximum atomic E-state index is 5.60. The highest BCUT2D eigenvalue weighted by Crippen LogP contribution is 1.97. The minimum absolute atomic E-state index is 0.0917. The lowest BCUT2D eigenvalue weighted by molar-refractivity contribution is 0.296. The van der Waals surface area contributed by atoms with Gasteiger partial charge in [-0.15, -0.1) is 0 Å². The van der Waals surface area contributed by atoms with Gasteiger partial charge in [-0.1, -0.05) is 6.92 Å². The number of hydrogen-bond donors (Lipinski definition) is 2. The van der Waals surface area contributed by atoms with E-state index in [9.17, 15) is 0 Å². The molecule has 0 aliphatic carbocycles. The zero-order valence-corrected chi connectivity index (χ0v) is 9.76. The highest BCUT2D eigenvalue weighted by atomic mass is 28.2. The predicted octanol–water partition coefficient (Wildman–Crippen LogP) is -0.654. The van der Waals surface area contributed by atoms with Crippen LogP contribution in [0.1, 0.15) is 26.7 Å². The largest absolute Gasteiger partial charge is 0.428 e. The van der Waals surface area contributed by atoms with Gasteiger partial charge < -0.3 is 10.2 Å². The van der Waals surface area contributed by atoms with Gasteiger partial charge in [0, 0.05) is 12.6 Å². The van der Waals surface area contributed by atoms with Crippen molar-refractivity contribution in [2.75, 3.05) is 6.61 Å². The monoisotopic (exact) mass is 176 g/mol. The van der Waals surface area contributed by atoms with Crippen LogP contribution < -0.4 is 11.1 Å². The molecule has 0 saturated carbocycles. The maximum Gasteiger partial charge on any atom is 0.145 e. The molecule has 0 spiro atoms. The van der Waals surface area contributed by atoms with Crippen molar-refractivity contribution in [3.05, 3.63) is 0 Å². The minimum Gasteiger partial charge on any atom is -0.428 e. The van der Waals surface area contributed by atoms with E-state index in [0.29, 0.717) is 6.04 Å². The first-order valence-corrected chi connectivity index (χ1v) is 5.03. The molecule has 2 atom stereocenters. The van der Waals surface area contributed by atoms with Crippen LogP contribution >= 0.6 is 0 Å². The first-order chi connectivity index (χ1) is 5.20.